The molecule has 0 atom stereocenters. The van der Waals surface area contributed by atoms with Gasteiger partial charge in [0.25, 0.3) is 0 Å². The van der Waals surface area contributed by atoms with Gasteiger partial charge in [0.1, 0.15) is 0 Å². The lowest BCUT2D eigenvalue weighted by Gasteiger charge is -2.09. The van der Waals surface area contributed by atoms with Gasteiger partial charge in [-0.2, -0.15) is 0 Å². The Bertz CT molecular complexity index is 494. The lowest BCUT2D eigenvalue weighted by atomic mass is 10.1. The third-order valence-electron chi connectivity index (χ3n) is 2.30. The van der Waals surface area contributed by atoms with Crippen LogP contribution in [0.15, 0.2) is 30.3 Å². The molecule has 0 fully saturated rings. The molecule has 15 heavy (non-hydrogen) atoms. The molecule has 2 aromatic carbocycles. The minimum atomic E-state index is 0.715. The summed E-state index contributed by atoms with van der Waals surface area (Å²) in [6, 6.07) is 9.57. The van der Waals surface area contributed by atoms with Gasteiger partial charge in [0.05, 0.1) is 14.2 Å². The van der Waals surface area contributed by atoms with Gasteiger partial charge in [-0.15, -0.1) is 0 Å². The normalized spacial score (nSPS) is 10.3. The smallest absolute Gasteiger partial charge is 0.161 e. The molecule has 2 aromatic rings. The van der Waals surface area contributed by atoms with E-state index in [2.05, 4.69) is 0 Å². The maximum atomic E-state index is 5.92. The molecule has 2 nitrogen and oxygen atoms in total. The molecule has 0 amide bonds. The Morgan fingerprint density at radius 2 is 1.47 bits per heavy atom. The van der Waals surface area contributed by atoms with E-state index in [1.165, 1.54) is 0 Å². The van der Waals surface area contributed by atoms with Crippen molar-refractivity contribution in [3.05, 3.63) is 35.4 Å². The van der Waals surface area contributed by atoms with Crippen LogP contribution in [0.3, 0.4) is 0 Å². The standard InChI is InChI=1S/C12H11ClO2/c1-14-11-6-8-3-4-10(13)5-9(8)7-12(11)15-2/h3-7H,1-2H3. The molecule has 0 aliphatic carbocycles. The summed E-state index contributed by atoms with van der Waals surface area (Å²) >= 11 is 5.92. The van der Waals surface area contributed by atoms with Crippen molar-refractivity contribution in [2.24, 2.45) is 0 Å². The van der Waals surface area contributed by atoms with Gasteiger partial charge in [0.15, 0.2) is 11.5 Å². The first kappa shape index (κ1) is 10.1. The molecule has 0 heterocycles. The third kappa shape index (κ3) is 1.85. The molecule has 0 N–H and O–H groups in total. The zero-order valence-electron chi connectivity index (χ0n) is 8.58. The van der Waals surface area contributed by atoms with E-state index in [1.807, 2.05) is 30.3 Å². The summed E-state index contributed by atoms with van der Waals surface area (Å²) < 4.78 is 10.4. The summed E-state index contributed by atoms with van der Waals surface area (Å²) in [5.74, 6) is 1.44. The van der Waals surface area contributed by atoms with Crippen molar-refractivity contribution in [1.29, 1.82) is 0 Å². The van der Waals surface area contributed by atoms with E-state index in [-0.39, 0.29) is 0 Å². The summed E-state index contributed by atoms with van der Waals surface area (Å²) in [6.45, 7) is 0. The Hall–Kier alpha value is -1.41. The highest BCUT2D eigenvalue weighted by Crippen LogP contribution is 2.32. The maximum Gasteiger partial charge on any atom is 0.161 e. The quantitative estimate of drug-likeness (QED) is 0.774. The minimum Gasteiger partial charge on any atom is -0.493 e. The highest BCUT2D eigenvalue weighted by atomic mass is 35.5. The molecule has 0 unspecified atom stereocenters. The topological polar surface area (TPSA) is 18.5 Å². The van der Waals surface area contributed by atoms with Crippen LogP contribution in [0.5, 0.6) is 11.5 Å². The van der Waals surface area contributed by atoms with Crippen LogP contribution < -0.4 is 9.47 Å². The predicted octanol–water partition coefficient (Wildman–Crippen LogP) is 3.51. The van der Waals surface area contributed by atoms with Crippen molar-refractivity contribution in [3.8, 4) is 11.5 Å². The second-order valence-electron chi connectivity index (χ2n) is 3.20. The average Bonchev–Trinajstić information content (AvgIpc) is 2.27. The fourth-order valence-electron chi connectivity index (χ4n) is 1.55. The third-order valence-corrected chi connectivity index (χ3v) is 2.54. The Morgan fingerprint density at radius 3 is 2.07 bits per heavy atom. The lowest BCUT2D eigenvalue weighted by molar-refractivity contribution is 0.356. The molecule has 0 bridgehead atoms. The average molecular weight is 223 g/mol. The van der Waals surface area contributed by atoms with E-state index < -0.39 is 0 Å². The van der Waals surface area contributed by atoms with Crippen LogP contribution >= 0.6 is 11.6 Å². The molecule has 0 radical (unpaired) electrons. The van der Waals surface area contributed by atoms with Crippen LogP contribution in [-0.4, -0.2) is 14.2 Å². The Morgan fingerprint density at radius 1 is 0.867 bits per heavy atom. The number of benzene rings is 2. The van der Waals surface area contributed by atoms with Crippen molar-refractivity contribution in [1.82, 2.24) is 0 Å². The Kier molecular flexibility index (Phi) is 2.69. The van der Waals surface area contributed by atoms with E-state index in [0.717, 1.165) is 21.5 Å². The molecule has 2 rings (SSSR count). The number of methoxy groups -OCH3 is 2. The SMILES string of the molecule is COc1cc2ccc(Cl)cc2cc1OC. The van der Waals surface area contributed by atoms with E-state index in [9.17, 15) is 0 Å². The molecule has 0 spiro atoms. The number of hydrogen-bond acceptors (Lipinski definition) is 2. The van der Waals surface area contributed by atoms with Crippen molar-refractivity contribution >= 4 is 22.4 Å². The van der Waals surface area contributed by atoms with Crippen LogP contribution in [0, 0.1) is 0 Å². The van der Waals surface area contributed by atoms with Crippen molar-refractivity contribution in [3.63, 3.8) is 0 Å². The van der Waals surface area contributed by atoms with Gasteiger partial charge in [-0.1, -0.05) is 17.7 Å². The molecule has 0 aliphatic rings. The first-order chi connectivity index (χ1) is 7.24. The van der Waals surface area contributed by atoms with Gasteiger partial charge >= 0.3 is 0 Å². The molecule has 0 saturated heterocycles. The summed E-state index contributed by atoms with van der Waals surface area (Å²) in [7, 11) is 3.24. The minimum absolute atomic E-state index is 0.715. The summed E-state index contributed by atoms with van der Waals surface area (Å²) in [6.07, 6.45) is 0. The largest absolute Gasteiger partial charge is 0.493 e. The van der Waals surface area contributed by atoms with E-state index in [0.29, 0.717) is 5.75 Å². The van der Waals surface area contributed by atoms with Crippen LogP contribution in [0.2, 0.25) is 5.02 Å². The second-order valence-corrected chi connectivity index (χ2v) is 3.64. The molecular weight excluding hydrogens is 212 g/mol. The number of rotatable bonds is 2. The fraction of sp³-hybridized carbons (Fsp3) is 0.167. The lowest BCUT2D eigenvalue weighted by Crippen LogP contribution is -1.90. The molecular formula is C12H11ClO2. The van der Waals surface area contributed by atoms with Crippen LogP contribution in [-0.2, 0) is 0 Å². The number of ether oxygens (including phenoxy) is 2. The second kappa shape index (κ2) is 3.99. The fourth-order valence-corrected chi connectivity index (χ4v) is 1.73. The zero-order valence-corrected chi connectivity index (χ0v) is 9.34. The predicted molar refractivity (Wildman–Crippen MR) is 62.1 cm³/mol. The highest BCUT2D eigenvalue weighted by Gasteiger charge is 2.05. The monoisotopic (exact) mass is 222 g/mol. The number of hydrogen-bond donors (Lipinski definition) is 0. The summed E-state index contributed by atoms with van der Waals surface area (Å²) in [5, 5.41) is 2.84. The van der Waals surface area contributed by atoms with Crippen LogP contribution in [0.4, 0.5) is 0 Å². The molecule has 0 saturated carbocycles. The molecule has 78 valence electrons. The van der Waals surface area contributed by atoms with Crippen molar-refractivity contribution in [2.75, 3.05) is 14.2 Å². The van der Waals surface area contributed by atoms with Gasteiger partial charge in [0.2, 0.25) is 0 Å². The van der Waals surface area contributed by atoms with E-state index in [1.54, 1.807) is 14.2 Å². The van der Waals surface area contributed by atoms with Gasteiger partial charge in [-0.3, -0.25) is 0 Å². The first-order valence-electron chi connectivity index (χ1n) is 4.56. The Labute approximate surface area is 93.4 Å². The first-order valence-corrected chi connectivity index (χ1v) is 4.93. The van der Waals surface area contributed by atoms with Crippen molar-refractivity contribution in [2.45, 2.75) is 0 Å². The van der Waals surface area contributed by atoms with Crippen LogP contribution in [0.25, 0.3) is 10.8 Å². The van der Waals surface area contributed by atoms with Gasteiger partial charge in [-0.25, -0.2) is 0 Å². The number of fused-ring (bicyclic) bond motifs is 1. The van der Waals surface area contributed by atoms with E-state index in [4.69, 9.17) is 21.1 Å². The van der Waals surface area contributed by atoms with Crippen LogP contribution in [0.1, 0.15) is 0 Å². The maximum absolute atomic E-state index is 5.92. The van der Waals surface area contributed by atoms with Crippen molar-refractivity contribution < 1.29 is 9.47 Å². The molecule has 3 heteroatoms. The van der Waals surface area contributed by atoms with E-state index >= 15 is 0 Å². The summed E-state index contributed by atoms with van der Waals surface area (Å²) in [5.41, 5.74) is 0. The summed E-state index contributed by atoms with van der Waals surface area (Å²) in [4.78, 5) is 0. The zero-order chi connectivity index (χ0) is 10.8. The Balaban J connectivity index is 2.69. The number of halogens is 1. The molecule has 0 aliphatic heterocycles. The van der Waals surface area contributed by atoms with Gasteiger partial charge in [0, 0.05) is 5.02 Å². The van der Waals surface area contributed by atoms with Gasteiger partial charge in [-0.05, 0) is 35.0 Å². The highest BCUT2D eigenvalue weighted by molar-refractivity contribution is 6.31. The van der Waals surface area contributed by atoms with Gasteiger partial charge < -0.3 is 9.47 Å². The molecule has 0 aromatic heterocycles.